The number of nitrogens with one attached hydrogen (secondary N) is 2. The van der Waals surface area contributed by atoms with Crippen molar-refractivity contribution in [1.29, 1.82) is 0 Å². The maximum atomic E-state index is 11.9. The molecule has 1 aromatic rings. The maximum Gasteiger partial charge on any atom is 0.232 e. The first-order chi connectivity index (χ1) is 9.14. The fourth-order valence-electron chi connectivity index (χ4n) is 1.48. The first-order valence-electron chi connectivity index (χ1n) is 6.56. The number of hydrogen-bond donors (Lipinski definition) is 2. The predicted octanol–water partition coefficient (Wildman–Crippen LogP) is 2.82. The first-order valence-corrected chi connectivity index (χ1v) is 8.21. The Morgan fingerprint density at radius 2 is 1.80 bits per heavy atom. The Morgan fingerprint density at radius 1 is 1.20 bits per heavy atom. The highest BCUT2D eigenvalue weighted by molar-refractivity contribution is 7.92. The molecule has 20 heavy (non-hydrogen) atoms. The quantitative estimate of drug-likeness (QED) is 0.877. The lowest BCUT2D eigenvalue weighted by Gasteiger charge is -2.18. The van der Waals surface area contributed by atoms with E-state index in [0.29, 0.717) is 17.8 Å². The smallest absolute Gasteiger partial charge is 0.232 e. The van der Waals surface area contributed by atoms with Crippen LogP contribution in [0.1, 0.15) is 34.1 Å². The van der Waals surface area contributed by atoms with Crippen LogP contribution in [0.3, 0.4) is 0 Å². The highest BCUT2D eigenvalue weighted by atomic mass is 32.2. The number of benzene rings is 1. The van der Waals surface area contributed by atoms with Gasteiger partial charge in [-0.05, 0) is 24.6 Å². The molecule has 5 nitrogen and oxygen atoms in total. The van der Waals surface area contributed by atoms with Crippen LogP contribution < -0.4 is 10.0 Å². The number of carbonyl (C=O) groups is 1. The van der Waals surface area contributed by atoms with Crippen molar-refractivity contribution >= 4 is 27.3 Å². The van der Waals surface area contributed by atoms with Crippen molar-refractivity contribution in [1.82, 2.24) is 0 Å². The Kier molecular flexibility index (Phi) is 5.16. The minimum absolute atomic E-state index is 0.0750. The van der Waals surface area contributed by atoms with E-state index in [1.54, 1.807) is 31.2 Å². The molecule has 112 valence electrons. The fraction of sp³-hybridized carbons (Fsp3) is 0.500. The van der Waals surface area contributed by atoms with Crippen LogP contribution in [-0.4, -0.2) is 20.1 Å². The van der Waals surface area contributed by atoms with Crippen molar-refractivity contribution in [2.24, 2.45) is 5.41 Å². The van der Waals surface area contributed by atoms with Crippen LogP contribution in [0, 0.1) is 5.41 Å². The summed E-state index contributed by atoms with van der Waals surface area (Å²) in [6.07, 6.45) is 0.551. The lowest BCUT2D eigenvalue weighted by Crippen LogP contribution is -2.27. The molecule has 1 aromatic carbocycles. The van der Waals surface area contributed by atoms with Gasteiger partial charge in [-0.2, -0.15) is 0 Å². The molecule has 0 unspecified atom stereocenters. The standard InChI is InChI=1S/C14H22N2O3S/c1-5-9-20(18,19)16-12-8-6-7-11(10-12)15-13(17)14(2,3)4/h6-8,10,16H,5,9H2,1-4H3,(H,15,17). The second-order valence-electron chi connectivity index (χ2n) is 5.71. The Hall–Kier alpha value is -1.56. The largest absolute Gasteiger partial charge is 0.326 e. The van der Waals surface area contributed by atoms with Crippen molar-refractivity contribution in [3.8, 4) is 0 Å². The monoisotopic (exact) mass is 298 g/mol. The van der Waals surface area contributed by atoms with E-state index in [4.69, 9.17) is 0 Å². The molecule has 0 heterocycles. The van der Waals surface area contributed by atoms with Gasteiger partial charge in [-0.25, -0.2) is 8.42 Å². The van der Waals surface area contributed by atoms with Crippen LogP contribution in [0.15, 0.2) is 24.3 Å². The molecule has 6 heteroatoms. The van der Waals surface area contributed by atoms with Gasteiger partial charge in [0.1, 0.15) is 0 Å². The number of amides is 1. The minimum Gasteiger partial charge on any atom is -0.326 e. The summed E-state index contributed by atoms with van der Waals surface area (Å²) >= 11 is 0. The summed E-state index contributed by atoms with van der Waals surface area (Å²) < 4.78 is 25.9. The Bertz CT molecular complexity index is 574. The number of carbonyl (C=O) groups excluding carboxylic acids is 1. The van der Waals surface area contributed by atoms with E-state index in [2.05, 4.69) is 10.0 Å². The van der Waals surface area contributed by atoms with Crippen LogP contribution in [-0.2, 0) is 14.8 Å². The summed E-state index contributed by atoms with van der Waals surface area (Å²) in [6.45, 7) is 7.25. The molecule has 1 rings (SSSR count). The Morgan fingerprint density at radius 3 is 2.35 bits per heavy atom. The van der Waals surface area contributed by atoms with Crippen molar-refractivity contribution in [3.63, 3.8) is 0 Å². The zero-order valence-electron chi connectivity index (χ0n) is 12.4. The third-order valence-electron chi connectivity index (χ3n) is 2.55. The summed E-state index contributed by atoms with van der Waals surface area (Å²) in [6, 6.07) is 6.68. The van der Waals surface area contributed by atoms with E-state index in [1.165, 1.54) is 0 Å². The van der Waals surface area contributed by atoms with Crippen LogP contribution in [0.25, 0.3) is 0 Å². The van der Waals surface area contributed by atoms with Gasteiger partial charge in [-0.1, -0.05) is 33.8 Å². The lowest BCUT2D eigenvalue weighted by atomic mass is 9.95. The highest BCUT2D eigenvalue weighted by Gasteiger charge is 2.21. The summed E-state index contributed by atoms with van der Waals surface area (Å²) in [5, 5.41) is 2.77. The topological polar surface area (TPSA) is 75.3 Å². The van der Waals surface area contributed by atoms with Crippen LogP contribution >= 0.6 is 0 Å². The summed E-state index contributed by atoms with van der Waals surface area (Å²) in [4.78, 5) is 11.9. The minimum atomic E-state index is -3.32. The predicted molar refractivity (Wildman–Crippen MR) is 82.2 cm³/mol. The molecular formula is C14H22N2O3S. The molecule has 0 saturated carbocycles. The fourth-order valence-corrected chi connectivity index (χ4v) is 2.60. The molecule has 0 aliphatic carbocycles. The molecule has 0 aliphatic rings. The molecule has 0 atom stereocenters. The molecule has 0 aliphatic heterocycles. The average molecular weight is 298 g/mol. The molecule has 0 bridgehead atoms. The summed E-state index contributed by atoms with van der Waals surface area (Å²) in [5.74, 6) is -0.0444. The van der Waals surface area contributed by atoms with Crippen molar-refractivity contribution in [3.05, 3.63) is 24.3 Å². The van der Waals surface area contributed by atoms with Gasteiger partial charge in [0.2, 0.25) is 15.9 Å². The van der Waals surface area contributed by atoms with Gasteiger partial charge in [0.25, 0.3) is 0 Å². The molecule has 0 aromatic heterocycles. The van der Waals surface area contributed by atoms with Crippen LogP contribution in [0.4, 0.5) is 11.4 Å². The highest BCUT2D eigenvalue weighted by Crippen LogP contribution is 2.20. The van der Waals surface area contributed by atoms with Crippen molar-refractivity contribution < 1.29 is 13.2 Å². The second kappa shape index (κ2) is 6.26. The summed E-state index contributed by atoms with van der Waals surface area (Å²) in [5.41, 5.74) is 0.518. The van der Waals surface area contributed by atoms with Gasteiger partial charge in [-0.3, -0.25) is 9.52 Å². The summed E-state index contributed by atoms with van der Waals surface area (Å²) in [7, 11) is -3.32. The molecule has 1 amide bonds. The second-order valence-corrected chi connectivity index (χ2v) is 7.55. The van der Waals surface area contributed by atoms with E-state index in [1.807, 2.05) is 20.8 Å². The molecule has 0 saturated heterocycles. The third kappa shape index (κ3) is 5.21. The first kappa shape index (κ1) is 16.5. The number of hydrogen-bond acceptors (Lipinski definition) is 3. The average Bonchev–Trinajstić information content (AvgIpc) is 2.27. The lowest BCUT2D eigenvalue weighted by molar-refractivity contribution is -0.123. The molecule has 2 N–H and O–H groups in total. The zero-order chi connectivity index (χ0) is 15.4. The van der Waals surface area contributed by atoms with Crippen LogP contribution in [0.5, 0.6) is 0 Å². The molecule has 0 spiro atoms. The van der Waals surface area contributed by atoms with Gasteiger partial charge in [0, 0.05) is 11.1 Å². The van der Waals surface area contributed by atoms with E-state index in [9.17, 15) is 13.2 Å². The zero-order valence-corrected chi connectivity index (χ0v) is 13.2. The van der Waals surface area contributed by atoms with E-state index >= 15 is 0 Å². The maximum absolute atomic E-state index is 11.9. The number of anilines is 2. The van der Waals surface area contributed by atoms with E-state index in [-0.39, 0.29) is 11.7 Å². The molecule has 0 radical (unpaired) electrons. The van der Waals surface area contributed by atoms with Crippen molar-refractivity contribution in [2.75, 3.05) is 15.8 Å². The van der Waals surface area contributed by atoms with Crippen molar-refractivity contribution in [2.45, 2.75) is 34.1 Å². The number of sulfonamides is 1. The Labute approximate surface area is 120 Å². The SMILES string of the molecule is CCCS(=O)(=O)Nc1cccc(NC(=O)C(C)(C)C)c1. The van der Waals surface area contributed by atoms with Crippen LogP contribution in [0.2, 0.25) is 0 Å². The van der Waals surface area contributed by atoms with Gasteiger partial charge in [0.15, 0.2) is 0 Å². The normalized spacial score (nSPS) is 12.0. The molecule has 0 fully saturated rings. The van der Waals surface area contributed by atoms with Gasteiger partial charge < -0.3 is 5.32 Å². The number of rotatable bonds is 5. The Balaban J connectivity index is 2.84. The third-order valence-corrected chi connectivity index (χ3v) is 4.04. The van der Waals surface area contributed by atoms with Gasteiger partial charge >= 0.3 is 0 Å². The van der Waals surface area contributed by atoms with Gasteiger partial charge in [-0.15, -0.1) is 0 Å². The van der Waals surface area contributed by atoms with E-state index in [0.717, 1.165) is 0 Å². The van der Waals surface area contributed by atoms with Gasteiger partial charge in [0.05, 0.1) is 11.4 Å². The molecular weight excluding hydrogens is 276 g/mol. The van der Waals surface area contributed by atoms with E-state index < -0.39 is 15.4 Å².